The van der Waals surface area contributed by atoms with Crippen LogP contribution in [0.15, 0.2) is 43.0 Å². The fourth-order valence-electron chi connectivity index (χ4n) is 1.66. The highest BCUT2D eigenvalue weighted by Gasteiger charge is 2.06. The zero-order chi connectivity index (χ0) is 12.7. The number of nitrogens with zero attached hydrogens (tertiary/aromatic N) is 1. The fourth-order valence-corrected chi connectivity index (χ4v) is 1.66. The van der Waals surface area contributed by atoms with Gasteiger partial charge in [0.05, 0.1) is 11.4 Å². The number of hydrogen-bond acceptors (Lipinski definition) is 3. The summed E-state index contributed by atoms with van der Waals surface area (Å²) in [5.74, 6) is 0. The molecule has 0 fully saturated rings. The normalized spacial score (nSPS) is 10.6. The van der Waals surface area contributed by atoms with Gasteiger partial charge in [0, 0.05) is 18.8 Å². The highest BCUT2D eigenvalue weighted by molar-refractivity contribution is 5.72. The first-order valence-corrected chi connectivity index (χ1v) is 5.84. The number of nitrogens with two attached hydrogens (primary N) is 2. The quantitative estimate of drug-likeness (QED) is 0.584. The van der Waals surface area contributed by atoms with Gasteiger partial charge in [-0.15, -0.1) is 6.58 Å². The fraction of sp³-hybridized carbons (Fsp3) is 0.286. The van der Waals surface area contributed by atoms with Crippen molar-refractivity contribution in [3.05, 3.63) is 43.0 Å². The molecule has 1 aromatic carbocycles. The van der Waals surface area contributed by atoms with E-state index in [-0.39, 0.29) is 0 Å². The summed E-state index contributed by atoms with van der Waals surface area (Å²) in [6, 6.07) is 5.61. The van der Waals surface area contributed by atoms with Crippen LogP contribution < -0.4 is 16.4 Å². The summed E-state index contributed by atoms with van der Waals surface area (Å²) >= 11 is 0. The van der Waals surface area contributed by atoms with Crippen LogP contribution >= 0.6 is 0 Å². The third kappa shape index (κ3) is 3.87. The van der Waals surface area contributed by atoms with Gasteiger partial charge in [0.25, 0.3) is 0 Å². The lowest BCUT2D eigenvalue weighted by atomic mass is 10.2. The van der Waals surface area contributed by atoms with Crippen LogP contribution in [-0.2, 0) is 0 Å². The number of allylic oxidation sites excluding steroid dienone is 1. The first kappa shape index (κ1) is 13.2. The molecule has 0 saturated heterocycles. The molecule has 0 aliphatic rings. The van der Waals surface area contributed by atoms with E-state index in [1.807, 2.05) is 18.2 Å². The summed E-state index contributed by atoms with van der Waals surface area (Å²) in [6.45, 7) is 7.48. The van der Waals surface area contributed by atoms with Crippen molar-refractivity contribution < 1.29 is 0 Å². The molecule has 0 aromatic heterocycles. The molecular formula is C14H21N3. The van der Waals surface area contributed by atoms with Crippen LogP contribution in [-0.4, -0.2) is 13.1 Å². The molecular weight excluding hydrogens is 210 g/mol. The summed E-state index contributed by atoms with van der Waals surface area (Å²) in [5, 5.41) is 0. The van der Waals surface area contributed by atoms with Crippen LogP contribution in [0.4, 0.5) is 17.1 Å². The lowest BCUT2D eigenvalue weighted by molar-refractivity contribution is 0.953. The van der Waals surface area contributed by atoms with Gasteiger partial charge in [-0.3, -0.25) is 0 Å². The topological polar surface area (TPSA) is 55.3 Å². The molecule has 17 heavy (non-hydrogen) atoms. The van der Waals surface area contributed by atoms with Crippen molar-refractivity contribution in [1.82, 2.24) is 0 Å². The lowest BCUT2D eigenvalue weighted by Crippen LogP contribution is -2.24. The Balaban J connectivity index is 2.88. The zero-order valence-corrected chi connectivity index (χ0v) is 10.4. The molecule has 0 heterocycles. The number of hydrogen-bond donors (Lipinski definition) is 2. The molecule has 0 aliphatic heterocycles. The Bertz CT molecular complexity index is 396. The van der Waals surface area contributed by atoms with E-state index in [4.69, 9.17) is 11.5 Å². The second-order valence-electron chi connectivity index (χ2n) is 3.89. The van der Waals surface area contributed by atoms with Gasteiger partial charge in [-0.05, 0) is 24.6 Å². The Morgan fingerprint density at radius 3 is 2.59 bits per heavy atom. The molecule has 1 rings (SSSR count). The van der Waals surface area contributed by atoms with E-state index in [0.717, 1.165) is 25.2 Å². The van der Waals surface area contributed by atoms with Crippen molar-refractivity contribution >= 4 is 17.1 Å². The zero-order valence-electron chi connectivity index (χ0n) is 10.4. The minimum Gasteiger partial charge on any atom is -0.399 e. The smallest absolute Gasteiger partial charge is 0.0607 e. The average molecular weight is 231 g/mol. The van der Waals surface area contributed by atoms with Crippen LogP contribution in [0.1, 0.15) is 13.3 Å². The van der Waals surface area contributed by atoms with Crippen molar-refractivity contribution in [2.24, 2.45) is 0 Å². The summed E-state index contributed by atoms with van der Waals surface area (Å²) in [4.78, 5) is 2.16. The maximum atomic E-state index is 5.98. The van der Waals surface area contributed by atoms with E-state index in [9.17, 15) is 0 Å². The first-order valence-electron chi connectivity index (χ1n) is 5.84. The van der Waals surface area contributed by atoms with Crippen LogP contribution in [0.25, 0.3) is 0 Å². The average Bonchev–Trinajstić information content (AvgIpc) is 2.28. The number of anilines is 3. The second-order valence-corrected chi connectivity index (χ2v) is 3.89. The minimum atomic E-state index is 0.689. The Kier molecular flexibility index (Phi) is 5.14. The molecule has 3 nitrogen and oxygen atoms in total. The Morgan fingerprint density at radius 2 is 2.00 bits per heavy atom. The van der Waals surface area contributed by atoms with Crippen molar-refractivity contribution in [2.75, 3.05) is 29.5 Å². The number of nitrogen functional groups attached to an aromatic ring is 2. The summed E-state index contributed by atoms with van der Waals surface area (Å²) in [5.41, 5.74) is 14.1. The van der Waals surface area contributed by atoms with E-state index >= 15 is 0 Å². The molecule has 0 spiro atoms. The van der Waals surface area contributed by atoms with Crippen LogP contribution in [0.3, 0.4) is 0 Å². The van der Waals surface area contributed by atoms with Crippen molar-refractivity contribution in [3.8, 4) is 0 Å². The van der Waals surface area contributed by atoms with E-state index in [1.165, 1.54) is 0 Å². The monoisotopic (exact) mass is 231 g/mol. The van der Waals surface area contributed by atoms with E-state index < -0.39 is 0 Å². The highest BCUT2D eigenvalue weighted by Crippen LogP contribution is 2.25. The molecule has 0 saturated carbocycles. The molecule has 3 heteroatoms. The van der Waals surface area contributed by atoms with E-state index in [2.05, 4.69) is 30.6 Å². The standard InChI is InChI=1S/C14H21N3/c1-3-5-6-10-17(9-4-2)14-8-7-12(15)11-13(14)16/h4-8,11H,2-3,9-10,15-16H2,1H3/b6-5+. The SMILES string of the molecule is C=CCN(C/C=C/CC)c1ccc(N)cc1N. The summed E-state index contributed by atoms with van der Waals surface area (Å²) < 4.78 is 0. The number of rotatable bonds is 6. The molecule has 0 amide bonds. The maximum absolute atomic E-state index is 5.98. The van der Waals surface area contributed by atoms with E-state index in [0.29, 0.717) is 11.4 Å². The van der Waals surface area contributed by atoms with Crippen LogP contribution in [0.2, 0.25) is 0 Å². The molecule has 4 N–H and O–H groups in total. The van der Waals surface area contributed by atoms with Gasteiger partial charge >= 0.3 is 0 Å². The lowest BCUT2D eigenvalue weighted by Gasteiger charge is -2.23. The van der Waals surface area contributed by atoms with Gasteiger partial charge in [0.1, 0.15) is 0 Å². The number of benzene rings is 1. The Labute approximate surface area is 103 Å². The predicted molar refractivity (Wildman–Crippen MR) is 77.1 cm³/mol. The van der Waals surface area contributed by atoms with Gasteiger partial charge in [-0.2, -0.15) is 0 Å². The third-order valence-electron chi connectivity index (χ3n) is 2.47. The molecule has 0 aliphatic carbocycles. The molecule has 1 aromatic rings. The predicted octanol–water partition coefficient (Wildman–Crippen LogP) is 2.81. The van der Waals surface area contributed by atoms with Crippen LogP contribution in [0.5, 0.6) is 0 Å². The minimum absolute atomic E-state index is 0.689. The van der Waals surface area contributed by atoms with Crippen LogP contribution in [0, 0.1) is 0 Å². The summed E-state index contributed by atoms with van der Waals surface area (Å²) in [6.07, 6.45) is 7.19. The largest absolute Gasteiger partial charge is 0.399 e. The van der Waals surface area contributed by atoms with Crippen molar-refractivity contribution in [2.45, 2.75) is 13.3 Å². The molecule has 0 bridgehead atoms. The van der Waals surface area contributed by atoms with E-state index in [1.54, 1.807) is 6.07 Å². The maximum Gasteiger partial charge on any atom is 0.0607 e. The van der Waals surface area contributed by atoms with Gasteiger partial charge in [0.2, 0.25) is 0 Å². The molecule has 92 valence electrons. The first-order chi connectivity index (χ1) is 8.19. The molecule has 0 radical (unpaired) electrons. The van der Waals surface area contributed by atoms with Gasteiger partial charge in [-0.1, -0.05) is 25.2 Å². The molecule has 0 unspecified atom stereocenters. The second kappa shape index (κ2) is 6.63. The highest BCUT2D eigenvalue weighted by atomic mass is 15.1. The summed E-state index contributed by atoms with van der Waals surface area (Å²) in [7, 11) is 0. The Hall–Kier alpha value is -1.90. The van der Waals surface area contributed by atoms with Gasteiger partial charge in [0.15, 0.2) is 0 Å². The molecule has 0 atom stereocenters. The van der Waals surface area contributed by atoms with Gasteiger partial charge < -0.3 is 16.4 Å². The third-order valence-corrected chi connectivity index (χ3v) is 2.47. The Morgan fingerprint density at radius 1 is 1.24 bits per heavy atom. The van der Waals surface area contributed by atoms with Crippen molar-refractivity contribution in [1.29, 1.82) is 0 Å². The van der Waals surface area contributed by atoms with Crippen molar-refractivity contribution in [3.63, 3.8) is 0 Å². The van der Waals surface area contributed by atoms with Gasteiger partial charge in [-0.25, -0.2) is 0 Å².